The van der Waals surface area contributed by atoms with Crippen molar-refractivity contribution in [2.24, 2.45) is 0 Å². The van der Waals surface area contributed by atoms with Gasteiger partial charge in [0, 0.05) is 6.54 Å². The number of ether oxygens (including phenoxy) is 2. The maximum atomic E-state index is 12.7. The summed E-state index contributed by atoms with van der Waals surface area (Å²) in [6, 6.07) is 12.7. The molecule has 0 aliphatic carbocycles. The predicted molar refractivity (Wildman–Crippen MR) is 112 cm³/mol. The van der Waals surface area contributed by atoms with E-state index in [1.807, 2.05) is 51.1 Å². The Bertz CT molecular complexity index is 1000. The fourth-order valence-corrected chi connectivity index (χ4v) is 4.02. The number of nitrogens with zero attached hydrogens (tertiary/aromatic N) is 1. The van der Waals surface area contributed by atoms with Gasteiger partial charge in [-0.2, -0.15) is 0 Å². The number of anilines is 1. The largest absolute Gasteiger partial charge is 0.491 e. The summed E-state index contributed by atoms with van der Waals surface area (Å²) in [4.78, 5) is 12.7. The molecule has 1 aliphatic rings. The molecule has 0 spiro atoms. The van der Waals surface area contributed by atoms with Gasteiger partial charge >= 0.3 is 0 Å². The van der Waals surface area contributed by atoms with Crippen LogP contribution in [0.3, 0.4) is 0 Å². The van der Waals surface area contributed by atoms with E-state index in [2.05, 4.69) is 5.32 Å². The van der Waals surface area contributed by atoms with Crippen molar-refractivity contribution >= 4 is 21.6 Å². The van der Waals surface area contributed by atoms with Crippen molar-refractivity contribution in [1.29, 1.82) is 0 Å². The van der Waals surface area contributed by atoms with Crippen molar-refractivity contribution in [2.45, 2.75) is 39.5 Å². The van der Waals surface area contributed by atoms with Crippen LogP contribution in [0, 0.1) is 6.92 Å². The van der Waals surface area contributed by atoms with Gasteiger partial charge in [-0.25, -0.2) is 8.42 Å². The van der Waals surface area contributed by atoms with Gasteiger partial charge in [-0.15, -0.1) is 0 Å². The molecule has 0 saturated carbocycles. The third-order valence-electron chi connectivity index (χ3n) is 4.41. The van der Waals surface area contributed by atoms with Crippen molar-refractivity contribution in [1.82, 2.24) is 5.32 Å². The molecule has 1 N–H and O–H groups in total. The molecule has 2 aromatic carbocycles. The van der Waals surface area contributed by atoms with E-state index < -0.39 is 16.1 Å². The Hall–Kier alpha value is -2.74. The highest BCUT2D eigenvalue weighted by Gasteiger charge is 2.35. The number of fused-ring (bicyclic) bond motifs is 1. The number of carbonyl (C=O) groups excluding carboxylic acids is 1. The first-order valence-corrected chi connectivity index (χ1v) is 11.3. The van der Waals surface area contributed by atoms with Crippen LogP contribution in [0.4, 0.5) is 5.69 Å². The van der Waals surface area contributed by atoms with Crippen LogP contribution < -0.4 is 19.1 Å². The van der Waals surface area contributed by atoms with Gasteiger partial charge in [0.15, 0.2) is 6.10 Å². The lowest BCUT2D eigenvalue weighted by molar-refractivity contribution is -0.127. The number of sulfonamides is 1. The Morgan fingerprint density at radius 3 is 2.72 bits per heavy atom. The quantitative estimate of drug-likeness (QED) is 0.780. The van der Waals surface area contributed by atoms with E-state index in [1.54, 1.807) is 12.1 Å². The SMILES string of the molecule is Cc1ccc2c(c1)N(S(C)(=O)=O)C[C@@H](C(=O)NCc1cccc(OC(C)C)c1)O2. The predicted octanol–water partition coefficient (Wildman–Crippen LogP) is 2.63. The third-order valence-corrected chi connectivity index (χ3v) is 5.56. The van der Waals surface area contributed by atoms with Crippen molar-refractivity contribution < 1.29 is 22.7 Å². The molecule has 1 amide bonds. The average molecular weight is 419 g/mol. The molecular formula is C21H26N2O5S. The second kappa shape index (κ2) is 8.32. The minimum Gasteiger partial charge on any atom is -0.491 e. The average Bonchev–Trinajstić information content (AvgIpc) is 2.64. The van der Waals surface area contributed by atoms with Crippen molar-refractivity contribution in [2.75, 3.05) is 17.1 Å². The van der Waals surface area contributed by atoms with Crippen molar-refractivity contribution in [3.63, 3.8) is 0 Å². The number of aryl methyl sites for hydroxylation is 1. The first kappa shape index (κ1) is 21.0. The minimum absolute atomic E-state index is 0.0566. The normalized spacial score (nSPS) is 16.2. The molecule has 0 unspecified atom stereocenters. The van der Waals surface area contributed by atoms with Gasteiger partial charge in [-0.1, -0.05) is 18.2 Å². The number of benzene rings is 2. The van der Waals surface area contributed by atoms with E-state index in [-0.39, 0.29) is 25.1 Å². The lowest BCUT2D eigenvalue weighted by Crippen LogP contribution is -2.50. The molecule has 156 valence electrons. The second-order valence-electron chi connectivity index (χ2n) is 7.40. The van der Waals surface area contributed by atoms with Crippen LogP contribution in [0.25, 0.3) is 0 Å². The molecule has 1 atom stereocenters. The molecule has 1 aliphatic heterocycles. The highest BCUT2D eigenvalue weighted by Crippen LogP contribution is 2.35. The van der Waals surface area contributed by atoms with Crippen LogP contribution in [0.5, 0.6) is 11.5 Å². The van der Waals surface area contributed by atoms with Gasteiger partial charge < -0.3 is 14.8 Å². The molecule has 0 fully saturated rings. The fraction of sp³-hybridized carbons (Fsp3) is 0.381. The Kier molecular flexibility index (Phi) is 6.02. The number of amides is 1. The lowest BCUT2D eigenvalue weighted by atomic mass is 10.1. The van der Waals surface area contributed by atoms with Gasteiger partial charge in [0.05, 0.1) is 24.6 Å². The van der Waals surface area contributed by atoms with Crippen molar-refractivity contribution in [3.8, 4) is 11.5 Å². The zero-order chi connectivity index (χ0) is 21.2. The summed E-state index contributed by atoms with van der Waals surface area (Å²) < 4.78 is 37.2. The molecule has 0 radical (unpaired) electrons. The number of hydrogen-bond acceptors (Lipinski definition) is 5. The highest BCUT2D eigenvalue weighted by atomic mass is 32.2. The molecular weight excluding hydrogens is 392 g/mol. The molecule has 0 saturated heterocycles. The van der Waals surface area contributed by atoms with Crippen LogP contribution in [0.1, 0.15) is 25.0 Å². The monoisotopic (exact) mass is 418 g/mol. The van der Waals surface area contributed by atoms with Crippen molar-refractivity contribution in [3.05, 3.63) is 53.6 Å². The standard InChI is InChI=1S/C21H26N2O5S/c1-14(2)27-17-7-5-6-16(11-17)12-22-21(24)20-13-23(29(4,25)26)18-10-15(3)8-9-19(18)28-20/h5-11,14,20H,12-13H2,1-4H3,(H,22,24)/t20-/m0/s1. The lowest BCUT2D eigenvalue weighted by Gasteiger charge is -2.34. The maximum Gasteiger partial charge on any atom is 0.263 e. The molecule has 8 heteroatoms. The Morgan fingerprint density at radius 2 is 2.03 bits per heavy atom. The first-order valence-electron chi connectivity index (χ1n) is 9.42. The van der Waals surface area contributed by atoms with E-state index in [1.165, 1.54) is 4.31 Å². The summed E-state index contributed by atoms with van der Waals surface area (Å²) in [5.74, 6) is 0.730. The first-order chi connectivity index (χ1) is 13.6. The van der Waals surface area contributed by atoms with E-state index in [0.29, 0.717) is 11.4 Å². The number of hydrogen-bond donors (Lipinski definition) is 1. The number of carbonyl (C=O) groups is 1. The summed E-state index contributed by atoms with van der Waals surface area (Å²) in [6.07, 6.45) is 0.246. The maximum absolute atomic E-state index is 12.7. The van der Waals surface area contributed by atoms with Crippen LogP contribution >= 0.6 is 0 Å². The second-order valence-corrected chi connectivity index (χ2v) is 9.31. The topological polar surface area (TPSA) is 84.9 Å². The molecule has 1 heterocycles. The number of nitrogens with one attached hydrogen (secondary N) is 1. The zero-order valence-corrected chi connectivity index (χ0v) is 17.8. The summed E-state index contributed by atoms with van der Waals surface area (Å²) in [7, 11) is -3.55. The van der Waals surface area contributed by atoms with Gasteiger partial charge in [-0.05, 0) is 56.2 Å². The smallest absolute Gasteiger partial charge is 0.263 e. The molecule has 7 nitrogen and oxygen atoms in total. The van der Waals surface area contributed by atoms with Gasteiger partial charge in [-0.3, -0.25) is 9.10 Å². The Labute approximate surface area is 171 Å². The van der Waals surface area contributed by atoms with E-state index in [4.69, 9.17) is 9.47 Å². The Balaban J connectivity index is 1.72. The van der Waals surface area contributed by atoms with E-state index >= 15 is 0 Å². The van der Waals surface area contributed by atoms with Gasteiger partial charge in [0.25, 0.3) is 5.91 Å². The van der Waals surface area contributed by atoms with Crippen LogP contribution in [-0.2, 0) is 21.4 Å². The molecule has 29 heavy (non-hydrogen) atoms. The van der Waals surface area contributed by atoms with Gasteiger partial charge in [0.2, 0.25) is 10.0 Å². The van der Waals surface area contributed by atoms with Crippen LogP contribution in [0.2, 0.25) is 0 Å². The molecule has 0 aromatic heterocycles. The summed E-state index contributed by atoms with van der Waals surface area (Å²) in [6.45, 7) is 5.98. The minimum atomic E-state index is -3.55. The fourth-order valence-electron chi connectivity index (χ4n) is 3.12. The van der Waals surface area contributed by atoms with E-state index in [9.17, 15) is 13.2 Å². The van der Waals surface area contributed by atoms with Crippen LogP contribution in [0.15, 0.2) is 42.5 Å². The zero-order valence-electron chi connectivity index (χ0n) is 17.0. The number of rotatable bonds is 6. The van der Waals surface area contributed by atoms with Gasteiger partial charge in [0.1, 0.15) is 11.5 Å². The van der Waals surface area contributed by atoms with E-state index in [0.717, 1.165) is 23.1 Å². The van der Waals surface area contributed by atoms with Crippen LogP contribution in [-0.4, -0.2) is 39.3 Å². The molecule has 3 rings (SSSR count). The third kappa shape index (κ3) is 5.20. The summed E-state index contributed by atoms with van der Waals surface area (Å²) in [5.41, 5.74) is 2.24. The molecule has 2 aromatic rings. The Morgan fingerprint density at radius 1 is 1.28 bits per heavy atom. The highest BCUT2D eigenvalue weighted by molar-refractivity contribution is 7.92. The summed E-state index contributed by atoms with van der Waals surface area (Å²) in [5, 5.41) is 2.82. The molecule has 0 bridgehead atoms. The summed E-state index contributed by atoms with van der Waals surface area (Å²) >= 11 is 0.